The van der Waals surface area contributed by atoms with Gasteiger partial charge in [0.15, 0.2) is 17.3 Å². The summed E-state index contributed by atoms with van der Waals surface area (Å²) in [6.45, 7) is 5.70. The fraction of sp³-hybridized carbons (Fsp3) is 0.400. The van der Waals surface area contributed by atoms with Crippen LogP contribution < -0.4 is 19.5 Å². The zero-order chi connectivity index (χ0) is 26.7. The van der Waals surface area contributed by atoms with Gasteiger partial charge in [0.05, 0.1) is 33.0 Å². The Morgan fingerprint density at radius 2 is 1.65 bits per heavy atom. The van der Waals surface area contributed by atoms with Crippen molar-refractivity contribution in [1.82, 2.24) is 5.32 Å². The Morgan fingerprint density at radius 3 is 2.27 bits per heavy atom. The lowest BCUT2D eigenvalue weighted by atomic mass is 9.71. The molecule has 0 amide bonds. The summed E-state index contributed by atoms with van der Waals surface area (Å²) in [7, 11) is 4.78. The first-order valence-corrected chi connectivity index (χ1v) is 12.6. The summed E-state index contributed by atoms with van der Waals surface area (Å²) in [5.74, 6) is 0.930. The van der Waals surface area contributed by atoms with Crippen LogP contribution in [0.4, 0.5) is 0 Å². The maximum atomic E-state index is 13.8. The van der Waals surface area contributed by atoms with Crippen molar-refractivity contribution >= 4 is 11.8 Å². The number of rotatable bonds is 8. The fourth-order valence-electron chi connectivity index (χ4n) is 5.12. The van der Waals surface area contributed by atoms with Crippen molar-refractivity contribution in [2.45, 2.75) is 58.0 Å². The SMILES string of the molecule is CCC(C)OC(=O)C1=C(C)NC2=C(C(=O)CC(c3ccc(OC)cc3)C2)C1c1ccc(OC)c(OC)c1. The van der Waals surface area contributed by atoms with Gasteiger partial charge in [-0.3, -0.25) is 4.79 Å². The van der Waals surface area contributed by atoms with Crippen LogP contribution in [0.2, 0.25) is 0 Å². The van der Waals surface area contributed by atoms with Gasteiger partial charge in [-0.15, -0.1) is 0 Å². The number of ether oxygens (including phenoxy) is 4. The molecule has 2 aromatic rings. The van der Waals surface area contributed by atoms with Gasteiger partial charge in [0, 0.05) is 29.3 Å². The summed E-state index contributed by atoms with van der Waals surface area (Å²) < 4.78 is 22.0. The second-order valence-electron chi connectivity index (χ2n) is 9.53. The van der Waals surface area contributed by atoms with E-state index in [-0.39, 0.29) is 17.8 Å². The summed E-state index contributed by atoms with van der Waals surface area (Å²) in [4.78, 5) is 27.2. The van der Waals surface area contributed by atoms with Crippen LogP contribution in [0.25, 0.3) is 0 Å². The van der Waals surface area contributed by atoms with E-state index in [1.165, 1.54) is 0 Å². The van der Waals surface area contributed by atoms with Crippen molar-refractivity contribution < 1.29 is 28.5 Å². The lowest BCUT2D eigenvalue weighted by Crippen LogP contribution is -2.36. The van der Waals surface area contributed by atoms with Crippen molar-refractivity contribution in [2.24, 2.45) is 0 Å². The predicted octanol–water partition coefficient (Wildman–Crippen LogP) is 5.42. The predicted molar refractivity (Wildman–Crippen MR) is 141 cm³/mol. The molecule has 0 spiro atoms. The first kappa shape index (κ1) is 26.3. The van der Waals surface area contributed by atoms with Gasteiger partial charge < -0.3 is 24.3 Å². The highest BCUT2D eigenvalue weighted by molar-refractivity contribution is 6.04. The number of carbonyl (C=O) groups excluding carboxylic acids is 2. The second-order valence-corrected chi connectivity index (χ2v) is 9.53. The summed E-state index contributed by atoms with van der Waals surface area (Å²) in [5, 5.41) is 3.40. The molecule has 7 heteroatoms. The molecular formula is C30H35NO6. The van der Waals surface area contributed by atoms with Gasteiger partial charge >= 0.3 is 5.97 Å². The Hall–Kier alpha value is -3.74. The van der Waals surface area contributed by atoms with Crippen molar-refractivity contribution in [1.29, 1.82) is 0 Å². The molecule has 0 fully saturated rings. The molecule has 0 aromatic heterocycles. The van der Waals surface area contributed by atoms with Crippen LogP contribution in [0.3, 0.4) is 0 Å². The Balaban J connectivity index is 1.79. The van der Waals surface area contributed by atoms with Gasteiger partial charge in [-0.05, 0) is 68.0 Å². The molecule has 0 saturated heterocycles. The molecule has 3 unspecified atom stereocenters. The molecule has 1 N–H and O–H groups in total. The van der Waals surface area contributed by atoms with Crippen molar-refractivity contribution in [3.8, 4) is 17.2 Å². The minimum Gasteiger partial charge on any atom is -0.497 e. The number of benzene rings is 2. The maximum absolute atomic E-state index is 13.8. The third-order valence-electron chi connectivity index (χ3n) is 7.26. The summed E-state index contributed by atoms with van der Waals surface area (Å²) >= 11 is 0. The zero-order valence-corrected chi connectivity index (χ0v) is 22.3. The van der Waals surface area contributed by atoms with E-state index in [4.69, 9.17) is 18.9 Å². The number of dihydropyridines is 1. The number of allylic oxidation sites excluding steroid dienone is 3. The van der Waals surface area contributed by atoms with Gasteiger partial charge in [-0.25, -0.2) is 4.79 Å². The molecule has 1 aliphatic heterocycles. The lowest BCUT2D eigenvalue weighted by Gasteiger charge is -2.37. The van der Waals surface area contributed by atoms with Crippen LogP contribution in [0.15, 0.2) is 65.0 Å². The molecule has 0 bridgehead atoms. The van der Waals surface area contributed by atoms with E-state index in [0.29, 0.717) is 47.6 Å². The zero-order valence-electron chi connectivity index (χ0n) is 22.3. The normalized spacial score (nSPS) is 20.1. The molecule has 196 valence electrons. The molecule has 4 rings (SSSR count). The highest BCUT2D eigenvalue weighted by atomic mass is 16.5. The van der Waals surface area contributed by atoms with Crippen LogP contribution in [-0.2, 0) is 14.3 Å². The van der Waals surface area contributed by atoms with Crippen molar-refractivity contribution in [3.05, 3.63) is 76.1 Å². The summed E-state index contributed by atoms with van der Waals surface area (Å²) in [6.07, 6.45) is 1.46. The first-order chi connectivity index (χ1) is 17.8. The smallest absolute Gasteiger partial charge is 0.337 e. The molecule has 37 heavy (non-hydrogen) atoms. The van der Waals surface area contributed by atoms with E-state index in [1.807, 2.05) is 57.2 Å². The molecular weight excluding hydrogens is 470 g/mol. The van der Waals surface area contributed by atoms with Crippen LogP contribution in [0.1, 0.15) is 63.0 Å². The highest BCUT2D eigenvalue weighted by Gasteiger charge is 2.42. The Labute approximate surface area is 218 Å². The maximum Gasteiger partial charge on any atom is 0.337 e. The average Bonchev–Trinajstić information content (AvgIpc) is 2.91. The third kappa shape index (κ3) is 5.22. The average molecular weight is 506 g/mol. The van der Waals surface area contributed by atoms with Crippen LogP contribution >= 0.6 is 0 Å². The number of hydrogen-bond acceptors (Lipinski definition) is 7. The van der Waals surface area contributed by atoms with Gasteiger partial charge in [-0.2, -0.15) is 0 Å². The number of nitrogens with one attached hydrogen (secondary N) is 1. The molecule has 2 aliphatic rings. The van der Waals surface area contributed by atoms with E-state index >= 15 is 0 Å². The number of Topliss-reactive ketones (excluding diaryl/α,β-unsaturated/α-hetero) is 1. The quantitative estimate of drug-likeness (QED) is 0.480. The fourth-order valence-corrected chi connectivity index (χ4v) is 5.12. The second kappa shape index (κ2) is 11.1. The van der Waals surface area contributed by atoms with E-state index in [2.05, 4.69) is 5.32 Å². The van der Waals surface area contributed by atoms with Crippen LogP contribution in [0.5, 0.6) is 17.2 Å². The Morgan fingerprint density at radius 1 is 0.973 bits per heavy atom. The van der Waals surface area contributed by atoms with Gasteiger partial charge in [-0.1, -0.05) is 25.1 Å². The van der Waals surface area contributed by atoms with Crippen LogP contribution in [-0.4, -0.2) is 39.2 Å². The van der Waals surface area contributed by atoms with E-state index in [9.17, 15) is 9.59 Å². The molecule has 0 saturated carbocycles. The highest BCUT2D eigenvalue weighted by Crippen LogP contribution is 2.47. The molecule has 7 nitrogen and oxygen atoms in total. The molecule has 3 atom stereocenters. The number of esters is 1. The first-order valence-electron chi connectivity index (χ1n) is 12.6. The van der Waals surface area contributed by atoms with Crippen molar-refractivity contribution in [3.63, 3.8) is 0 Å². The van der Waals surface area contributed by atoms with E-state index in [1.54, 1.807) is 27.4 Å². The summed E-state index contributed by atoms with van der Waals surface area (Å²) in [5.41, 5.74) is 4.44. The summed E-state index contributed by atoms with van der Waals surface area (Å²) in [6, 6.07) is 13.4. The largest absolute Gasteiger partial charge is 0.497 e. The van der Waals surface area contributed by atoms with Crippen molar-refractivity contribution in [2.75, 3.05) is 21.3 Å². The Bertz CT molecular complexity index is 1240. The van der Waals surface area contributed by atoms with E-state index in [0.717, 1.165) is 22.6 Å². The number of methoxy groups -OCH3 is 3. The number of carbonyl (C=O) groups is 2. The van der Waals surface area contributed by atoms with Crippen LogP contribution in [0, 0.1) is 0 Å². The minimum atomic E-state index is -0.572. The van der Waals surface area contributed by atoms with E-state index < -0.39 is 11.9 Å². The molecule has 1 heterocycles. The number of hydrogen-bond donors (Lipinski definition) is 1. The molecule has 0 radical (unpaired) electrons. The molecule has 2 aromatic carbocycles. The van der Waals surface area contributed by atoms with Gasteiger partial charge in [0.25, 0.3) is 0 Å². The van der Waals surface area contributed by atoms with Gasteiger partial charge in [0.2, 0.25) is 0 Å². The minimum absolute atomic E-state index is 0.00990. The Kier molecular flexibility index (Phi) is 7.91. The topological polar surface area (TPSA) is 83.1 Å². The molecule has 1 aliphatic carbocycles. The number of ketones is 1. The monoisotopic (exact) mass is 505 g/mol. The lowest BCUT2D eigenvalue weighted by molar-refractivity contribution is -0.144. The standard InChI is InChI=1S/C30H35NO6/c1-7-17(2)37-30(33)27-18(3)31-23-14-21(19-8-11-22(34-4)12-9-19)15-24(32)29(23)28(27)20-10-13-25(35-5)26(16-20)36-6/h8-13,16-17,21,28,31H,7,14-15H2,1-6H3. The third-order valence-corrected chi connectivity index (χ3v) is 7.26. The van der Waals surface area contributed by atoms with Gasteiger partial charge in [0.1, 0.15) is 5.75 Å².